The Labute approximate surface area is 47.1 Å². The monoisotopic (exact) mass is 150 g/mol. The summed E-state index contributed by atoms with van der Waals surface area (Å²) < 4.78 is 55.5. The molecule has 0 spiro atoms. The van der Waals surface area contributed by atoms with Gasteiger partial charge in [0.25, 0.3) is 6.36 Å². The molecule has 1 atom stereocenters. The molecule has 1 unspecified atom stereocenters. The zero-order valence-electron chi connectivity index (χ0n) is 3.99. The molecular weight excluding hydrogens is 147 g/mol. The van der Waals surface area contributed by atoms with Gasteiger partial charge in [-0.15, -0.1) is 0 Å². The molecule has 0 amide bonds. The van der Waals surface area contributed by atoms with Crippen molar-refractivity contribution in [3.8, 4) is 0 Å². The van der Waals surface area contributed by atoms with E-state index < -0.39 is 18.7 Å². The third-order valence-corrected chi connectivity index (χ3v) is 0.609. The predicted octanol–water partition coefficient (Wildman–Crippen LogP) is 1.17. The van der Waals surface area contributed by atoms with E-state index in [1.165, 1.54) is 0 Å². The molecule has 0 aromatic heterocycles. The van der Waals surface area contributed by atoms with Crippen molar-refractivity contribution in [1.82, 2.24) is 0 Å². The first-order valence-corrected chi connectivity index (χ1v) is 1.87. The number of halogens is 5. The van der Waals surface area contributed by atoms with Crippen LogP contribution in [0.3, 0.4) is 0 Å². The van der Waals surface area contributed by atoms with E-state index in [-0.39, 0.29) is 0 Å². The fraction of sp³-hybridized carbons (Fsp3) is 1.00. The summed E-state index contributed by atoms with van der Waals surface area (Å²) in [5, 5.41) is 7.35. The van der Waals surface area contributed by atoms with Gasteiger partial charge in [0, 0.05) is 0 Å². The Morgan fingerprint density at radius 2 is 1.44 bits per heavy atom. The van der Waals surface area contributed by atoms with E-state index in [1.807, 2.05) is 0 Å². The minimum absolute atomic E-state index is 3.79. The average molecular weight is 150 g/mol. The third kappa shape index (κ3) is 1.78. The van der Waals surface area contributed by atoms with Gasteiger partial charge in [0.15, 0.2) is 0 Å². The molecule has 0 aromatic carbocycles. The molecule has 0 aliphatic heterocycles. The maximum absolute atomic E-state index is 11.3. The number of aliphatic hydroxyl groups is 1. The highest BCUT2D eigenvalue weighted by Crippen LogP contribution is 2.27. The van der Waals surface area contributed by atoms with Crippen LogP contribution in [0.15, 0.2) is 0 Å². The second-order valence-electron chi connectivity index (χ2n) is 1.31. The first-order chi connectivity index (χ1) is 3.89. The average Bonchev–Trinajstić information content (AvgIpc) is 1.65. The molecule has 0 fully saturated rings. The summed E-state index contributed by atoms with van der Waals surface area (Å²) in [7, 11) is 0. The van der Waals surface area contributed by atoms with E-state index in [4.69, 9.17) is 5.11 Å². The fourth-order valence-corrected chi connectivity index (χ4v) is 0.104. The predicted molar refractivity (Wildman–Crippen MR) is 18.1 cm³/mol. The van der Waals surface area contributed by atoms with Gasteiger partial charge in [-0.05, 0) is 0 Å². The first-order valence-electron chi connectivity index (χ1n) is 1.87. The number of aliphatic hydroxyl groups excluding tert-OH is 1. The largest absolute Gasteiger partial charge is 0.361 e. The summed E-state index contributed by atoms with van der Waals surface area (Å²) in [5.41, 5.74) is 0. The Balaban J connectivity index is 4.01. The topological polar surface area (TPSA) is 20.2 Å². The standard InChI is InChI=1S/C3H3F5O/c4-1(5)3(7,8)2(6)9/h1-2,9H. The van der Waals surface area contributed by atoms with Crippen molar-refractivity contribution in [2.75, 3.05) is 0 Å². The normalized spacial score (nSPS) is 16.3. The lowest BCUT2D eigenvalue weighted by molar-refractivity contribution is -0.230. The summed E-state index contributed by atoms with van der Waals surface area (Å²) in [5.74, 6) is -4.94. The Morgan fingerprint density at radius 3 is 1.44 bits per heavy atom. The van der Waals surface area contributed by atoms with Crippen molar-refractivity contribution in [3.05, 3.63) is 0 Å². The maximum atomic E-state index is 11.3. The van der Waals surface area contributed by atoms with Gasteiger partial charge in [0.1, 0.15) is 0 Å². The zero-order valence-corrected chi connectivity index (χ0v) is 3.99. The molecule has 0 saturated heterocycles. The highest BCUT2D eigenvalue weighted by Gasteiger charge is 2.48. The maximum Gasteiger partial charge on any atom is 0.361 e. The van der Waals surface area contributed by atoms with Crippen molar-refractivity contribution in [2.24, 2.45) is 0 Å². The molecule has 0 bridgehead atoms. The molecular formula is C3H3F5O. The molecule has 0 radical (unpaired) electrons. The van der Waals surface area contributed by atoms with Crippen LogP contribution in [0, 0.1) is 0 Å². The smallest absolute Gasteiger partial charge is 0.359 e. The minimum Gasteiger partial charge on any atom is -0.359 e. The molecule has 1 N–H and O–H groups in total. The Bertz CT molecular complexity index is 80.2. The highest BCUT2D eigenvalue weighted by molar-refractivity contribution is 4.70. The van der Waals surface area contributed by atoms with Crippen LogP contribution in [0.4, 0.5) is 22.0 Å². The van der Waals surface area contributed by atoms with E-state index >= 15 is 0 Å². The van der Waals surface area contributed by atoms with Crippen molar-refractivity contribution >= 4 is 0 Å². The molecule has 0 aromatic rings. The molecule has 6 heteroatoms. The quantitative estimate of drug-likeness (QED) is 0.586. The fourth-order valence-electron chi connectivity index (χ4n) is 0.104. The van der Waals surface area contributed by atoms with Crippen LogP contribution in [0.2, 0.25) is 0 Å². The number of alkyl halides is 5. The van der Waals surface area contributed by atoms with Gasteiger partial charge in [0.05, 0.1) is 0 Å². The Hall–Kier alpha value is -0.390. The van der Waals surface area contributed by atoms with Crippen molar-refractivity contribution < 1.29 is 27.1 Å². The molecule has 9 heavy (non-hydrogen) atoms. The molecule has 0 rings (SSSR count). The lowest BCUT2D eigenvalue weighted by Crippen LogP contribution is -2.37. The summed E-state index contributed by atoms with van der Waals surface area (Å²) in [6.07, 6.45) is -7.96. The molecule has 1 nitrogen and oxygen atoms in total. The Morgan fingerprint density at radius 1 is 1.11 bits per heavy atom. The second kappa shape index (κ2) is 2.47. The lowest BCUT2D eigenvalue weighted by atomic mass is 10.4. The minimum atomic E-state index is -4.94. The van der Waals surface area contributed by atoms with Crippen LogP contribution in [-0.2, 0) is 0 Å². The van der Waals surface area contributed by atoms with Crippen molar-refractivity contribution in [3.63, 3.8) is 0 Å². The summed E-state index contributed by atoms with van der Waals surface area (Å²) in [4.78, 5) is 0. The van der Waals surface area contributed by atoms with Crippen LogP contribution in [0.5, 0.6) is 0 Å². The van der Waals surface area contributed by atoms with Crippen LogP contribution < -0.4 is 0 Å². The van der Waals surface area contributed by atoms with Gasteiger partial charge in [-0.25, -0.2) is 13.2 Å². The number of rotatable bonds is 2. The van der Waals surface area contributed by atoms with Gasteiger partial charge < -0.3 is 5.11 Å². The molecule has 0 aliphatic carbocycles. The van der Waals surface area contributed by atoms with Gasteiger partial charge in [-0.2, -0.15) is 8.78 Å². The van der Waals surface area contributed by atoms with Crippen LogP contribution in [-0.4, -0.2) is 23.8 Å². The van der Waals surface area contributed by atoms with Gasteiger partial charge in [-0.3, -0.25) is 0 Å². The number of hydrogen-bond acceptors (Lipinski definition) is 1. The molecule has 0 heterocycles. The summed E-state index contributed by atoms with van der Waals surface area (Å²) >= 11 is 0. The van der Waals surface area contributed by atoms with Gasteiger partial charge in [0.2, 0.25) is 0 Å². The van der Waals surface area contributed by atoms with Crippen molar-refractivity contribution in [2.45, 2.75) is 18.7 Å². The van der Waals surface area contributed by atoms with E-state index in [1.54, 1.807) is 0 Å². The SMILES string of the molecule is OC(F)C(F)(F)C(F)F. The van der Waals surface area contributed by atoms with E-state index in [9.17, 15) is 22.0 Å². The van der Waals surface area contributed by atoms with E-state index in [0.717, 1.165) is 0 Å². The zero-order chi connectivity index (χ0) is 7.65. The molecule has 0 aliphatic rings. The highest BCUT2D eigenvalue weighted by atomic mass is 19.3. The lowest BCUT2D eigenvalue weighted by Gasteiger charge is -2.13. The second-order valence-corrected chi connectivity index (χ2v) is 1.31. The Kier molecular flexibility index (Phi) is 2.36. The van der Waals surface area contributed by atoms with Gasteiger partial charge in [-0.1, -0.05) is 0 Å². The van der Waals surface area contributed by atoms with E-state index in [2.05, 4.69) is 0 Å². The van der Waals surface area contributed by atoms with Crippen molar-refractivity contribution in [1.29, 1.82) is 0 Å². The molecule has 56 valence electrons. The van der Waals surface area contributed by atoms with Gasteiger partial charge >= 0.3 is 12.3 Å². The van der Waals surface area contributed by atoms with Crippen LogP contribution in [0.25, 0.3) is 0 Å². The third-order valence-electron chi connectivity index (χ3n) is 0.609. The van der Waals surface area contributed by atoms with Crippen LogP contribution in [0.1, 0.15) is 0 Å². The van der Waals surface area contributed by atoms with E-state index in [0.29, 0.717) is 0 Å². The summed E-state index contributed by atoms with van der Waals surface area (Å²) in [6, 6.07) is 0. The number of hydrogen-bond donors (Lipinski definition) is 1. The molecule has 0 saturated carbocycles. The summed E-state index contributed by atoms with van der Waals surface area (Å²) in [6.45, 7) is 0. The first kappa shape index (κ1) is 8.61. The van der Waals surface area contributed by atoms with Crippen LogP contribution >= 0.6 is 0 Å².